The fourth-order valence-electron chi connectivity index (χ4n) is 3.95. The van der Waals surface area contributed by atoms with E-state index in [-0.39, 0.29) is 24.1 Å². The molecule has 3 rings (SSSR count). The summed E-state index contributed by atoms with van der Waals surface area (Å²) in [5.74, 6) is -6.03. The molecule has 0 aliphatic heterocycles. The van der Waals surface area contributed by atoms with Crippen molar-refractivity contribution in [3.63, 3.8) is 0 Å². The highest BCUT2D eigenvalue weighted by atomic mass is 35.5. The summed E-state index contributed by atoms with van der Waals surface area (Å²) in [7, 11) is 0. The summed E-state index contributed by atoms with van der Waals surface area (Å²) in [5.41, 5.74) is -5.26. The van der Waals surface area contributed by atoms with Crippen molar-refractivity contribution in [1.82, 2.24) is 15.3 Å². The van der Waals surface area contributed by atoms with Gasteiger partial charge in [0.15, 0.2) is 5.54 Å². The number of nitrogens with one attached hydrogen (secondary N) is 1. The predicted octanol–water partition coefficient (Wildman–Crippen LogP) is 4.85. The Balaban J connectivity index is 2.09. The van der Waals surface area contributed by atoms with Gasteiger partial charge in [0.2, 0.25) is 5.92 Å². The van der Waals surface area contributed by atoms with Crippen molar-refractivity contribution in [3.8, 4) is 5.75 Å². The van der Waals surface area contributed by atoms with Gasteiger partial charge in [-0.1, -0.05) is 17.7 Å². The number of amides is 2. The third kappa shape index (κ3) is 6.37. The Labute approximate surface area is 206 Å². The van der Waals surface area contributed by atoms with Gasteiger partial charge in [-0.05, 0) is 31.9 Å². The number of rotatable bonds is 7. The van der Waals surface area contributed by atoms with Crippen LogP contribution in [0.15, 0.2) is 43.0 Å². The molecule has 1 aromatic carbocycles. The summed E-state index contributed by atoms with van der Waals surface area (Å²) >= 11 is 5.43. The molecule has 2 aromatic rings. The average Bonchev–Trinajstić information content (AvgIpc) is 2.80. The molecule has 1 aromatic heterocycles. The highest BCUT2D eigenvalue weighted by Gasteiger charge is 2.48. The van der Waals surface area contributed by atoms with Gasteiger partial charge in [-0.15, -0.1) is 13.2 Å². The lowest BCUT2D eigenvalue weighted by Crippen LogP contribution is -2.60. The van der Waals surface area contributed by atoms with Gasteiger partial charge in [0.1, 0.15) is 12.1 Å². The molecule has 1 aliphatic carbocycles. The van der Waals surface area contributed by atoms with Crippen molar-refractivity contribution in [2.24, 2.45) is 0 Å². The van der Waals surface area contributed by atoms with Crippen LogP contribution >= 0.6 is 11.6 Å². The first kappa shape index (κ1) is 27.5. The van der Waals surface area contributed by atoms with Crippen LogP contribution in [0, 0.1) is 0 Å². The Hall–Kier alpha value is -3.09. The number of halogens is 7. The van der Waals surface area contributed by atoms with Crippen LogP contribution in [0.5, 0.6) is 5.75 Å². The summed E-state index contributed by atoms with van der Waals surface area (Å²) in [4.78, 5) is 34.8. The molecule has 1 fully saturated rings. The first-order valence-electron chi connectivity index (χ1n) is 10.7. The van der Waals surface area contributed by atoms with E-state index in [0.717, 1.165) is 43.0 Å². The maximum atomic E-state index is 14.2. The largest absolute Gasteiger partial charge is 0.573 e. The highest BCUT2D eigenvalue weighted by Crippen LogP contribution is 2.38. The summed E-state index contributed by atoms with van der Waals surface area (Å²) in [6.45, 7) is 1.19. The molecular formula is C22H21ClF6N4O3. The minimum Gasteiger partial charge on any atom is -0.406 e. The van der Waals surface area contributed by atoms with Crippen LogP contribution in [-0.2, 0) is 15.1 Å². The second kappa shape index (κ2) is 10.5. The van der Waals surface area contributed by atoms with E-state index in [4.69, 9.17) is 11.6 Å². The average molecular weight is 539 g/mol. The second-order valence-electron chi connectivity index (χ2n) is 8.32. The van der Waals surface area contributed by atoms with E-state index in [1.54, 1.807) is 0 Å². The van der Waals surface area contributed by atoms with E-state index in [9.17, 15) is 35.9 Å². The standard InChI is InChI=1S/C22H21ClF6N4O3/c1-20(13-10-30-12-31-11-13,19(35)32-14-5-7-21(25,26)8-6-14)33(18(34)17(23)24)15-3-2-4-16(9-15)36-22(27,28)29/h2-4,9-12,14,17H,5-8H2,1H3,(H,32,35)/t17-,20+/m0/s1. The zero-order valence-corrected chi connectivity index (χ0v) is 19.5. The molecule has 1 heterocycles. The number of anilines is 1. The Morgan fingerprint density at radius 1 is 1.19 bits per heavy atom. The Morgan fingerprint density at radius 3 is 2.36 bits per heavy atom. The molecule has 0 bridgehead atoms. The smallest absolute Gasteiger partial charge is 0.406 e. The van der Waals surface area contributed by atoms with Crippen molar-refractivity contribution < 1.29 is 40.7 Å². The molecule has 1 saturated carbocycles. The molecule has 2 amide bonds. The molecule has 7 nitrogen and oxygen atoms in total. The Kier molecular flexibility index (Phi) is 8.01. The first-order chi connectivity index (χ1) is 16.7. The van der Waals surface area contributed by atoms with E-state index in [1.165, 1.54) is 6.92 Å². The van der Waals surface area contributed by atoms with E-state index in [1.807, 2.05) is 0 Å². The molecule has 1 aliphatic rings. The van der Waals surface area contributed by atoms with Gasteiger partial charge in [-0.3, -0.25) is 14.5 Å². The van der Waals surface area contributed by atoms with Crippen LogP contribution in [0.2, 0.25) is 0 Å². The van der Waals surface area contributed by atoms with Crippen LogP contribution in [0.25, 0.3) is 0 Å². The van der Waals surface area contributed by atoms with Gasteiger partial charge in [0.25, 0.3) is 17.4 Å². The molecule has 2 atom stereocenters. The predicted molar refractivity (Wildman–Crippen MR) is 116 cm³/mol. The summed E-state index contributed by atoms with van der Waals surface area (Å²) in [5, 5.41) is 2.59. The fraction of sp³-hybridized carbons (Fsp3) is 0.455. The number of ether oxygens (including phenoxy) is 1. The minimum atomic E-state index is -5.07. The van der Waals surface area contributed by atoms with Gasteiger partial charge in [-0.2, -0.15) is 0 Å². The molecule has 0 saturated heterocycles. The van der Waals surface area contributed by atoms with Crippen LogP contribution < -0.4 is 15.0 Å². The molecule has 14 heteroatoms. The van der Waals surface area contributed by atoms with Crippen LogP contribution in [0.1, 0.15) is 38.2 Å². The molecule has 0 unspecified atom stereocenters. The number of hydrogen-bond donors (Lipinski definition) is 1. The molecule has 196 valence electrons. The van der Waals surface area contributed by atoms with Crippen molar-refractivity contribution in [3.05, 3.63) is 48.5 Å². The zero-order valence-electron chi connectivity index (χ0n) is 18.7. The van der Waals surface area contributed by atoms with Crippen LogP contribution in [0.3, 0.4) is 0 Å². The lowest BCUT2D eigenvalue weighted by molar-refractivity contribution is -0.274. The maximum absolute atomic E-state index is 14.2. The molecule has 1 N–H and O–H groups in total. The van der Waals surface area contributed by atoms with Crippen molar-refractivity contribution >= 4 is 29.1 Å². The van der Waals surface area contributed by atoms with Gasteiger partial charge in [-0.25, -0.2) is 23.1 Å². The van der Waals surface area contributed by atoms with E-state index < -0.39 is 59.9 Å². The van der Waals surface area contributed by atoms with E-state index in [0.29, 0.717) is 4.90 Å². The first-order valence-corrected chi connectivity index (χ1v) is 11.1. The van der Waals surface area contributed by atoms with Gasteiger partial charge < -0.3 is 10.1 Å². The highest BCUT2D eigenvalue weighted by molar-refractivity contribution is 6.32. The fourth-order valence-corrected chi connectivity index (χ4v) is 4.04. The summed E-state index contributed by atoms with van der Waals surface area (Å²) in [6, 6.07) is 3.27. The number of carbonyl (C=O) groups is 2. The third-order valence-corrected chi connectivity index (χ3v) is 5.97. The molecular weight excluding hydrogens is 518 g/mol. The minimum absolute atomic E-state index is 0.0450. The SMILES string of the molecule is C[C@](C(=O)NC1CCC(F)(F)CC1)(c1cncnc1)N(C(=O)[C@H](F)Cl)c1cccc(OC(F)(F)F)c1. The summed E-state index contributed by atoms with van der Waals surface area (Å²) in [6.07, 6.45) is -2.73. The zero-order chi connectivity index (χ0) is 26.7. The quantitative estimate of drug-likeness (QED) is 0.402. The van der Waals surface area contributed by atoms with Crippen LogP contribution in [-0.4, -0.2) is 45.7 Å². The molecule has 0 radical (unpaired) electrons. The normalized spacial score (nSPS) is 18.6. The summed E-state index contributed by atoms with van der Waals surface area (Å²) < 4.78 is 83.6. The second-order valence-corrected chi connectivity index (χ2v) is 8.71. The number of aromatic nitrogens is 2. The number of benzene rings is 1. The third-order valence-electron chi connectivity index (χ3n) is 5.78. The number of alkyl halides is 7. The Bertz CT molecular complexity index is 1080. The number of hydrogen-bond acceptors (Lipinski definition) is 5. The maximum Gasteiger partial charge on any atom is 0.573 e. The van der Waals surface area contributed by atoms with E-state index in [2.05, 4.69) is 20.0 Å². The molecule has 0 spiro atoms. The van der Waals surface area contributed by atoms with Crippen molar-refractivity contribution in [1.29, 1.82) is 0 Å². The lowest BCUT2D eigenvalue weighted by atomic mass is 9.87. The van der Waals surface area contributed by atoms with Gasteiger partial charge in [0.05, 0.1) is 0 Å². The van der Waals surface area contributed by atoms with Crippen LogP contribution in [0.4, 0.5) is 32.0 Å². The number of nitrogens with zero attached hydrogens (tertiary/aromatic N) is 3. The number of carbonyl (C=O) groups excluding carboxylic acids is 2. The topological polar surface area (TPSA) is 84.4 Å². The monoisotopic (exact) mass is 538 g/mol. The lowest BCUT2D eigenvalue weighted by Gasteiger charge is -2.41. The van der Waals surface area contributed by atoms with Crippen molar-refractivity contribution in [2.75, 3.05) is 4.90 Å². The van der Waals surface area contributed by atoms with E-state index >= 15 is 0 Å². The Morgan fingerprint density at radius 2 is 1.81 bits per heavy atom. The van der Waals surface area contributed by atoms with Gasteiger partial charge >= 0.3 is 6.36 Å². The van der Waals surface area contributed by atoms with Crippen molar-refractivity contribution in [2.45, 2.75) is 62.1 Å². The molecule has 36 heavy (non-hydrogen) atoms. The van der Waals surface area contributed by atoms with Gasteiger partial charge in [0, 0.05) is 48.6 Å².